The highest BCUT2D eigenvalue weighted by Crippen LogP contribution is 2.08. The Morgan fingerprint density at radius 1 is 1.60 bits per heavy atom. The van der Waals surface area contributed by atoms with Gasteiger partial charge < -0.3 is 4.74 Å². The zero-order chi connectivity index (χ0) is 8.15. The first-order chi connectivity index (χ1) is 4.63. The largest absolute Gasteiger partial charge is 0.465 e. The van der Waals surface area contributed by atoms with Crippen LogP contribution in [0, 0.1) is 5.92 Å². The maximum absolute atomic E-state index is 10.8. The van der Waals surface area contributed by atoms with Crippen LogP contribution in [0.15, 0.2) is 17.9 Å². The van der Waals surface area contributed by atoms with Gasteiger partial charge in [0.1, 0.15) is 0 Å². The minimum Gasteiger partial charge on any atom is -0.465 e. The molecule has 0 atom stereocenters. The summed E-state index contributed by atoms with van der Waals surface area (Å²) in [5.41, 5.74) is 3.05. The molecule has 0 heterocycles. The van der Waals surface area contributed by atoms with Crippen LogP contribution in [-0.2, 0) is 9.53 Å². The SMILES string of the molecule is C=C=C(C(=O)OC)C(C)C. The van der Waals surface area contributed by atoms with Gasteiger partial charge in [-0.1, -0.05) is 20.4 Å². The average molecular weight is 140 g/mol. The molecular weight excluding hydrogens is 128 g/mol. The van der Waals surface area contributed by atoms with E-state index in [1.807, 2.05) is 13.8 Å². The highest BCUT2D eigenvalue weighted by Gasteiger charge is 2.11. The van der Waals surface area contributed by atoms with Crippen molar-refractivity contribution in [2.45, 2.75) is 13.8 Å². The van der Waals surface area contributed by atoms with Crippen LogP contribution in [0.2, 0.25) is 0 Å². The third-order valence-electron chi connectivity index (χ3n) is 1.17. The van der Waals surface area contributed by atoms with Crippen molar-refractivity contribution in [2.24, 2.45) is 5.92 Å². The Kier molecular flexibility index (Phi) is 3.52. The second-order valence-electron chi connectivity index (χ2n) is 2.24. The molecule has 0 saturated heterocycles. The molecule has 0 saturated carbocycles. The Balaban J connectivity index is 4.39. The lowest BCUT2D eigenvalue weighted by Crippen LogP contribution is -2.08. The van der Waals surface area contributed by atoms with Gasteiger partial charge in [0.2, 0.25) is 0 Å². The summed E-state index contributed by atoms with van der Waals surface area (Å²) in [5, 5.41) is 0. The minimum atomic E-state index is -0.343. The zero-order valence-corrected chi connectivity index (χ0v) is 6.60. The number of esters is 1. The number of hydrogen-bond donors (Lipinski definition) is 0. The second kappa shape index (κ2) is 3.91. The molecule has 0 aliphatic rings. The van der Waals surface area contributed by atoms with Crippen molar-refractivity contribution < 1.29 is 9.53 Å². The number of hydrogen-bond acceptors (Lipinski definition) is 2. The number of carbonyl (C=O) groups is 1. The predicted octanol–water partition coefficient (Wildman–Crippen LogP) is 1.53. The number of methoxy groups -OCH3 is 1. The fraction of sp³-hybridized carbons (Fsp3) is 0.500. The Bertz CT molecular complexity index is 174. The molecule has 0 amide bonds. The molecule has 2 nitrogen and oxygen atoms in total. The summed E-state index contributed by atoms with van der Waals surface area (Å²) in [5.74, 6) is -0.213. The summed E-state index contributed by atoms with van der Waals surface area (Å²) < 4.78 is 4.49. The summed E-state index contributed by atoms with van der Waals surface area (Å²) in [6, 6.07) is 0. The summed E-state index contributed by atoms with van der Waals surface area (Å²) in [7, 11) is 1.35. The highest BCUT2D eigenvalue weighted by molar-refractivity contribution is 5.88. The molecule has 0 aliphatic carbocycles. The molecule has 0 N–H and O–H groups in total. The monoisotopic (exact) mass is 140 g/mol. The molecule has 0 spiro atoms. The maximum Gasteiger partial charge on any atom is 0.341 e. The van der Waals surface area contributed by atoms with E-state index in [1.165, 1.54) is 7.11 Å². The van der Waals surface area contributed by atoms with Crippen LogP contribution in [0.5, 0.6) is 0 Å². The lowest BCUT2D eigenvalue weighted by Gasteiger charge is -2.04. The summed E-state index contributed by atoms with van der Waals surface area (Å²) in [4.78, 5) is 10.8. The van der Waals surface area contributed by atoms with E-state index in [1.54, 1.807) is 0 Å². The smallest absolute Gasteiger partial charge is 0.341 e. The van der Waals surface area contributed by atoms with E-state index >= 15 is 0 Å². The number of carbonyl (C=O) groups excluding carboxylic acids is 1. The maximum atomic E-state index is 10.8. The van der Waals surface area contributed by atoms with E-state index in [2.05, 4.69) is 17.0 Å². The molecule has 0 aromatic rings. The molecule has 0 fully saturated rings. The van der Waals surface area contributed by atoms with Crippen LogP contribution in [0.1, 0.15) is 13.8 Å². The van der Waals surface area contributed by atoms with Crippen molar-refractivity contribution in [1.29, 1.82) is 0 Å². The summed E-state index contributed by atoms with van der Waals surface area (Å²) in [6.07, 6.45) is 0. The molecule has 56 valence electrons. The van der Waals surface area contributed by atoms with Crippen molar-refractivity contribution >= 4 is 5.97 Å². The Hall–Kier alpha value is -1.01. The first kappa shape index (κ1) is 8.99. The van der Waals surface area contributed by atoms with Crippen molar-refractivity contribution in [3.63, 3.8) is 0 Å². The second-order valence-corrected chi connectivity index (χ2v) is 2.24. The predicted molar refractivity (Wildman–Crippen MR) is 39.5 cm³/mol. The van der Waals surface area contributed by atoms with Crippen molar-refractivity contribution in [3.05, 3.63) is 17.9 Å². The standard InChI is InChI=1S/C8H12O2/c1-5-7(6(2)3)8(9)10-4/h6H,1H2,2-4H3. The highest BCUT2D eigenvalue weighted by atomic mass is 16.5. The average Bonchev–Trinajstić information content (AvgIpc) is 1.88. The van der Waals surface area contributed by atoms with Gasteiger partial charge in [0.05, 0.1) is 12.7 Å². The lowest BCUT2D eigenvalue weighted by atomic mass is 10.1. The molecule has 10 heavy (non-hydrogen) atoms. The molecular formula is C8H12O2. The third-order valence-corrected chi connectivity index (χ3v) is 1.17. The zero-order valence-electron chi connectivity index (χ0n) is 6.60. The van der Waals surface area contributed by atoms with Crippen LogP contribution in [0.4, 0.5) is 0 Å². The van der Waals surface area contributed by atoms with Gasteiger partial charge in [0, 0.05) is 0 Å². The van der Waals surface area contributed by atoms with Crippen molar-refractivity contribution in [1.82, 2.24) is 0 Å². The van der Waals surface area contributed by atoms with Gasteiger partial charge in [-0.2, -0.15) is 0 Å². The summed E-state index contributed by atoms with van der Waals surface area (Å²) >= 11 is 0. The van der Waals surface area contributed by atoms with Crippen LogP contribution >= 0.6 is 0 Å². The molecule has 2 heteroatoms. The van der Waals surface area contributed by atoms with E-state index in [9.17, 15) is 4.79 Å². The third kappa shape index (κ3) is 2.08. The van der Waals surface area contributed by atoms with Crippen LogP contribution in [-0.4, -0.2) is 13.1 Å². The van der Waals surface area contributed by atoms with E-state index in [0.717, 1.165) is 0 Å². The van der Waals surface area contributed by atoms with Gasteiger partial charge in [0.15, 0.2) is 0 Å². The van der Waals surface area contributed by atoms with E-state index in [4.69, 9.17) is 0 Å². The number of rotatable bonds is 2. The number of ether oxygens (including phenoxy) is 1. The van der Waals surface area contributed by atoms with Gasteiger partial charge in [-0.15, -0.1) is 5.73 Å². The molecule has 0 radical (unpaired) electrons. The Morgan fingerprint density at radius 2 is 2.10 bits per heavy atom. The van der Waals surface area contributed by atoms with Gasteiger partial charge in [-0.05, 0) is 5.92 Å². The Labute approximate surface area is 61.2 Å². The van der Waals surface area contributed by atoms with Gasteiger partial charge >= 0.3 is 5.97 Å². The molecule has 0 rings (SSSR count). The topological polar surface area (TPSA) is 26.3 Å². The van der Waals surface area contributed by atoms with Gasteiger partial charge in [-0.3, -0.25) is 0 Å². The first-order valence-corrected chi connectivity index (χ1v) is 3.11. The van der Waals surface area contributed by atoms with E-state index in [0.29, 0.717) is 5.57 Å². The fourth-order valence-corrected chi connectivity index (χ4v) is 0.622. The molecule has 0 aromatic heterocycles. The van der Waals surface area contributed by atoms with Gasteiger partial charge in [-0.25, -0.2) is 4.79 Å². The Morgan fingerprint density at radius 3 is 2.20 bits per heavy atom. The minimum absolute atomic E-state index is 0.130. The van der Waals surface area contributed by atoms with Crippen LogP contribution in [0.25, 0.3) is 0 Å². The lowest BCUT2D eigenvalue weighted by molar-refractivity contribution is -0.136. The molecule has 0 aliphatic heterocycles. The van der Waals surface area contributed by atoms with Crippen LogP contribution in [0.3, 0.4) is 0 Å². The van der Waals surface area contributed by atoms with Crippen molar-refractivity contribution in [3.8, 4) is 0 Å². The quantitative estimate of drug-likeness (QED) is 0.330. The molecule has 0 aromatic carbocycles. The van der Waals surface area contributed by atoms with Crippen molar-refractivity contribution in [2.75, 3.05) is 7.11 Å². The normalized spacial score (nSPS) is 8.80. The molecule has 0 unspecified atom stereocenters. The first-order valence-electron chi connectivity index (χ1n) is 3.11. The summed E-state index contributed by atoms with van der Waals surface area (Å²) in [6.45, 7) is 7.18. The van der Waals surface area contributed by atoms with Crippen LogP contribution < -0.4 is 0 Å². The van der Waals surface area contributed by atoms with E-state index in [-0.39, 0.29) is 11.9 Å². The van der Waals surface area contributed by atoms with Gasteiger partial charge in [0.25, 0.3) is 0 Å². The fourth-order valence-electron chi connectivity index (χ4n) is 0.622. The van der Waals surface area contributed by atoms with E-state index < -0.39 is 0 Å². The molecule has 0 bridgehead atoms.